The van der Waals surface area contributed by atoms with Crippen molar-refractivity contribution in [1.82, 2.24) is 20.2 Å². The smallest absolute Gasteiger partial charge is 0.395 e. The van der Waals surface area contributed by atoms with Crippen LogP contribution in [0, 0.1) is 10.1 Å². The van der Waals surface area contributed by atoms with E-state index in [1.165, 1.54) is 10.9 Å². The van der Waals surface area contributed by atoms with Gasteiger partial charge in [-0.25, -0.2) is 0 Å². The number of amides is 1. The average Bonchev–Trinajstić information content (AvgIpc) is 2.98. The minimum atomic E-state index is -0.730. The van der Waals surface area contributed by atoms with Crippen molar-refractivity contribution in [2.24, 2.45) is 0 Å². The molecule has 2 aromatic rings. The summed E-state index contributed by atoms with van der Waals surface area (Å²) in [5.41, 5.74) is 0. The fraction of sp³-hybridized carbons (Fsp3) is 0.333. The Morgan fingerprint density at radius 1 is 1.58 bits per heavy atom. The number of aryl methyl sites for hydroxylation is 1. The molecule has 0 fully saturated rings. The molecule has 1 N–H and O–H groups in total. The van der Waals surface area contributed by atoms with Gasteiger partial charge in [-0.3, -0.25) is 20.2 Å². The minimum Gasteiger partial charge on any atom is -0.395 e. The van der Waals surface area contributed by atoms with E-state index < -0.39 is 16.7 Å². The second-order valence-corrected chi connectivity index (χ2v) is 3.56. The summed E-state index contributed by atoms with van der Waals surface area (Å²) in [6.07, 6.45) is 0.828. The molecule has 0 spiro atoms. The van der Waals surface area contributed by atoms with Gasteiger partial charge in [0.1, 0.15) is 4.92 Å². The van der Waals surface area contributed by atoms with Gasteiger partial charge in [0.15, 0.2) is 5.76 Å². The van der Waals surface area contributed by atoms with Gasteiger partial charge >= 0.3 is 5.88 Å². The third-order valence-electron chi connectivity index (χ3n) is 2.10. The number of tetrazole rings is 1. The largest absolute Gasteiger partial charge is 0.433 e. The highest BCUT2D eigenvalue weighted by Gasteiger charge is 2.18. The lowest BCUT2D eigenvalue weighted by Crippen LogP contribution is -2.12. The number of nitrogens with zero attached hydrogens (tertiary/aromatic N) is 5. The first-order valence-corrected chi connectivity index (χ1v) is 5.43. The van der Waals surface area contributed by atoms with Crippen molar-refractivity contribution < 1.29 is 14.1 Å². The number of furan rings is 1. The molecule has 1 amide bonds. The van der Waals surface area contributed by atoms with E-state index in [4.69, 9.17) is 4.42 Å². The molecule has 0 saturated heterocycles. The van der Waals surface area contributed by atoms with Crippen molar-refractivity contribution in [3.8, 4) is 0 Å². The van der Waals surface area contributed by atoms with Crippen LogP contribution >= 0.6 is 0 Å². The van der Waals surface area contributed by atoms with Crippen LogP contribution in [0.2, 0.25) is 0 Å². The Labute approximate surface area is 106 Å². The number of anilines is 1. The van der Waals surface area contributed by atoms with Crippen molar-refractivity contribution in [2.75, 3.05) is 5.32 Å². The van der Waals surface area contributed by atoms with Crippen molar-refractivity contribution in [2.45, 2.75) is 19.9 Å². The van der Waals surface area contributed by atoms with E-state index in [2.05, 4.69) is 20.7 Å². The number of nitro groups is 1. The van der Waals surface area contributed by atoms with Crippen molar-refractivity contribution in [1.29, 1.82) is 0 Å². The SMILES string of the molecule is CCCn1nnc(NC(=O)c2ccc([N+](=O)[O-])o2)n1. The lowest BCUT2D eigenvalue weighted by atomic mass is 10.4. The van der Waals surface area contributed by atoms with Crippen LogP contribution in [0.5, 0.6) is 0 Å². The van der Waals surface area contributed by atoms with Crippen molar-refractivity contribution >= 4 is 17.7 Å². The summed E-state index contributed by atoms with van der Waals surface area (Å²) in [7, 11) is 0. The van der Waals surface area contributed by atoms with Gasteiger partial charge in [-0.1, -0.05) is 12.0 Å². The molecule has 2 aromatic heterocycles. The van der Waals surface area contributed by atoms with Gasteiger partial charge in [0.2, 0.25) is 0 Å². The van der Waals surface area contributed by atoms with Gasteiger partial charge in [-0.15, -0.1) is 5.10 Å². The Morgan fingerprint density at radius 3 is 3.00 bits per heavy atom. The maximum Gasteiger partial charge on any atom is 0.433 e. The molecule has 19 heavy (non-hydrogen) atoms. The summed E-state index contributed by atoms with van der Waals surface area (Å²) >= 11 is 0. The molecule has 0 aliphatic carbocycles. The molecule has 0 aliphatic rings. The van der Waals surface area contributed by atoms with Crippen molar-refractivity contribution in [3.63, 3.8) is 0 Å². The fourth-order valence-electron chi connectivity index (χ4n) is 1.30. The zero-order valence-corrected chi connectivity index (χ0v) is 9.94. The normalized spacial score (nSPS) is 10.4. The van der Waals surface area contributed by atoms with E-state index in [-0.39, 0.29) is 11.7 Å². The summed E-state index contributed by atoms with van der Waals surface area (Å²) in [6, 6.07) is 2.29. The number of aromatic nitrogens is 4. The highest BCUT2D eigenvalue weighted by molar-refractivity contribution is 6.01. The van der Waals surface area contributed by atoms with Gasteiger partial charge in [0, 0.05) is 0 Å². The van der Waals surface area contributed by atoms with Crippen LogP contribution in [0.3, 0.4) is 0 Å². The van der Waals surface area contributed by atoms with Gasteiger partial charge in [0.05, 0.1) is 12.6 Å². The van der Waals surface area contributed by atoms with E-state index in [9.17, 15) is 14.9 Å². The fourth-order valence-corrected chi connectivity index (χ4v) is 1.30. The topological polar surface area (TPSA) is 129 Å². The van der Waals surface area contributed by atoms with Crippen LogP contribution in [0.25, 0.3) is 0 Å². The van der Waals surface area contributed by atoms with Crippen LogP contribution in [0.4, 0.5) is 11.8 Å². The van der Waals surface area contributed by atoms with Gasteiger partial charge in [-0.2, -0.15) is 4.80 Å². The predicted molar refractivity (Wildman–Crippen MR) is 61.4 cm³/mol. The molecule has 0 aromatic carbocycles. The minimum absolute atomic E-state index is 0.0116. The van der Waals surface area contributed by atoms with E-state index in [0.29, 0.717) is 6.54 Å². The number of nitrogens with one attached hydrogen (secondary N) is 1. The highest BCUT2D eigenvalue weighted by atomic mass is 16.6. The predicted octanol–water partition coefficient (Wildman–Crippen LogP) is 0.837. The molecule has 10 nitrogen and oxygen atoms in total. The molecular formula is C9H10N6O4. The molecule has 100 valence electrons. The van der Waals surface area contributed by atoms with E-state index in [0.717, 1.165) is 12.5 Å². The summed E-state index contributed by atoms with van der Waals surface area (Å²) < 4.78 is 4.74. The van der Waals surface area contributed by atoms with Gasteiger partial charge < -0.3 is 4.42 Å². The first kappa shape index (κ1) is 12.7. The van der Waals surface area contributed by atoms with E-state index >= 15 is 0 Å². The van der Waals surface area contributed by atoms with Crippen LogP contribution in [-0.4, -0.2) is 31.0 Å². The Morgan fingerprint density at radius 2 is 2.37 bits per heavy atom. The number of carbonyl (C=O) groups excluding carboxylic acids is 1. The molecule has 0 unspecified atom stereocenters. The zero-order valence-electron chi connectivity index (χ0n) is 9.94. The Balaban J connectivity index is 2.04. The van der Waals surface area contributed by atoms with Gasteiger partial charge in [-0.05, 0) is 17.7 Å². The molecule has 0 bridgehead atoms. The summed E-state index contributed by atoms with van der Waals surface area (Å²) in [6.45, 7) is 2.53. The Bertz CT molecular complexity index is 603. The zero-order chi connectivity index (χ0) is 13.8. The standard InChI is InChI=1S/C9H10N6O4/c1-2-5-14-12-9(11-13-14)10-8(16)6-3-4-7(19-6)15(17)18/h3-4H,2,5H2,1H3,(H,10,12,16). The van der Waals surface area contributed by atoms with Crippen LogP contribution in [-0.2, 0) is 6.54 Å². The Kier molecular flexibility index (Phi) is 3.50. The molecule has 0 radical (unpaired) electrons. The first-order valence-electron chi connectivity index (χ1n) is 5.43. The number of hydrogen-bond donors (Lipinski definition) is 1. The van der Waals surface area contributed by atoms with Gasteiger partial charge in [0.25, 0.3) is 11.9 Å². The highest BCUT2D eigenvalue weighted by Crippen LogP contribution is 2.16. The lowest BCUT2D eigenvalue weighted by Gasteiger charge is -1.95. The van der Waals surface area contributed by atoms with E-state index in [1.807, 2.05) is 6.92 Å². The Hall–Kier alpha value is -2.78. The van der Waals surface area contributed by atoms with E-state index in [1.54, 1.807) is 0 Å². The van der Waals surface area contributed by atoms with Crippen molar-refractivity contribution in [3.05, 3.63) is 28.0 Å². The monoisotopic (exact) mass is 266 g/mol. The number of carbonyl (C=O) groups is 1. The molecule has 0 saturated carbocycles. The maximum absolute atomic E-state index is 11.7. The number of rotatable bonds is 5. The summed E-state index contributed by atoms with van der Waals surface area (Å²) in [5, 5.41) is 24.0. The summed E-state index contributed by atoms with van der Waals surface area (Å²) in [5.74, 6) is -1.37. The van der Waals surface area contributed by atoms with Crippen LogP contribution < -0.4 is 5.32 Å². The van der Waals surface area contributed by atoms with Crippen LogP contribution in [0.15, 0.2) is 16.5 Å². The third-order valence-corrected chi connectivity index (χ3v) is 2.10. The molecule has 2 heterocycles. The van der Waals surface area contributed by atoms with Crippen LogP contribution in [0.1, 0.15) is 23.9 Å². The molecule has 2 rings (SSSR count). The quantitative estimate of drug-likeness (QED) is 0.626. The second kappa shape index (κ2) is 5.25. The molecule has 0 atom stereocenters. The first-order chi connectivity index (χ1) is 9.10. The molecular weight excluding hydrogens is 256 g/mol. The molecule has 10 heteroatoms. The molecule has 0 aliphatic heterocycles. The number of hydrogen-bond acceptors (Lipinski definition) is 7. The second-order valence-electron chi connectivity index (χ2n) is 3.56. The lowest BCUT2D eigenvalue weighted by molar-refractivity contribution is -0.402. The summed E-state index contributed by atoms with van der Waals surface area (Å²) in [4.78, 5) is 22.7. The average molecular weight is 266 g/mol. The maximum atomic E-state index is 11.7. The third kappa shape index (κ3) is 2.91.